The smallest absolute Gasteiger partial charge is 0.216 e. The van der Waals surface area contributed by atoms with E-state index in [9.17, 15) is 0 Å². The van der Waals surface area contributed by atoms with E-state index in [1.54, 1.807) is 0 Å². The van der Waals surface area contributed by atoms with Gasteiger partial charge in [0.15, 0.2) is 0 Å². The van der Waals surface area contributed by atoms with Gasteiger partial charge in [0, 0.05) is 11.4 Å². The molecule has 0 spiro atoms. The first kappa shape index (κ1) is 13.0. The zero-order valence-corrected chi connectivity index (χ0v) is 12.6. The van der Waals surface area contributed by atoms with Crippen LogP contribution in [0.1, 0.15) is 35.3 Å². The van der Waals surface area contributed by atoms with Crippen LogP contribution in [0.25, 0.3) is 5.95 Å². The Labute approximate surface area is 119 Å². The van der Waals surface area contributed by atoms with Crippen molar-refractivity contribution in [2.45, 2.75) is 40.5 Å². The molecule has 0 radical (unpaired) electrons. The standard InChI is InChI=1S/C16H20N4/c1-9(2)13-7-14-12(5)19-20(15(14)8-13)16-17-10(3)6-11(4)18-16/h6,13H,1,7-8H2,2-5H3/t13-/m1/s1. The maximum Gasteiger partial charge on any atom is 0.251 e. The van der Waals surface area contributed by atoms with Gasteiger partial charge in [0.2, 0.25) is 0 Å². The molecule has 0 N–H and O–H groups in total. The lowest BCUT2D eigenvalue weighted by atomic mass is 9.99. The van der Waals surface area contributed by atoms with Gasteiger partial charge in [0.05, 0.1) is 11.4 Å². The molecule has 104 valence electrons. The molecule has 2 aromatic rings. The Morgan fingerprint density at radius 2 is 1.85 bits per heavy atom. The normalized spacial score (nSPS) is 17.3. The van der Waals surface area contributed by atoms with Crippen LogP contribution in [0, 0.1) is 26.7 Å². The predicted octanol–water partition coefficient (Wildman–Crippen LogP) is 2.88. The van der Waals surface area contributed by atoms with Crippen molar-refractivity contribution in [2.75, 3.05) is 0 Å². The van der Waals surface area contributed by atoms with Gasteiger partial charge in [-0.25, -0.2) is 14.6 Å². The molecule has 0 bridgehead atoms. The van der Waals surface area contributed by atoms with Crippen molar-refractivity contribution in [3.8, 4) is 5.95 Å². The van der Waals surface area contributed by atoms with Gasteiger partial charge in [-0.2, -0.15) is 5.10 Å². The summed E-state index contributed by atoms with van der Waals surface area (Å²) in [6.45, 7) is 12.3. The van der Waals surface area contributed by atoms with Crippen molar-refractivity contribution in [1.29, 1.82) is 0 Å². The topological polar surface area (TPSA) is 43.6 Å². The van der Waals surface area contributed by atoms with E-state index in [4.69, 9.17) is 0 Å². The number of nitrogens with zero attached hydrogens (tertiary/aromatic N) is 4. The third kappa shape index (κ3) is 2.05. The van der Waals surface area contributed by atoms with E-state index in [2.05, 4.69) is 35.5 Å². The zero-order chi connectivity index (χ0) is 14.4. The fourth-order valence-corrected chi connectivity index (χ4v) is 2.95. The van der Waals surface area contributed by atoms with Gasteiger partial charge in [-0.15, -0.1) is 0 Å². The number of allylic oxidation sites excluding steroid dienone is 1. The summed E-state index contributed by atoms with van der Waals surface area (Å²) in [7, 11) is 0. The number of fused-ring (bicyclic) bond motifs is 1. The van der Waals surface area contributed by atoms with Crippen LogP contribution in [-0.4, -0.2) is 19.7 Å². The van der Waals surface area contributed by atoms with Crippen LogP contribution < -0.4 is 0 Å². The fourth-order valence-electron chi connectivity index (χ4n) is 2.95. The second-order valence-electron chi connectivity index (χ2n) is 5.82. The third-order valence-electron chi connectivity index (χ3n) is 4.04. The fraction of sp³-hybridized carbons (Fsp3) is 0.438. The molecule has 1 aliphatic rings. The van der Waals surface area contributed by atoms with E-state index in [1.807, 2.05) is 24.6 Å². The maximum atomic E-state index is 4.64. The molecule has 0 aromatic carbocycles. The van der Waals surface area contributed by atoms with Crippen molar-refractivity contribution in [2.24, 2.45) is 5.92 Å². The summed E-state index contributed by atoms with van der Waals surface area (Å²) in [5.41, 5.74) is 6.88. The Hall–Kier alpha value is -1.97. The summed E-state index contributed by atoms with van der Waals surface area (Å²) < 4.78 is 1.92. The molecule has 0 saturated carbocycles. The van der Waals surface area contributed by atoms with Crippen LogP contribution in [0.15, 0.2) is 18.2 Å². The number of rotatable bonds is 2. The molecule has 1 atom stereocenters. The van der Waals surface area contributed by atoms with Crippen molar-refractivity contribution >= 4 is 0 Å². The second-order valence-corrected chi connectivity index (χ2v) is 5.82. The first-order chi connectivity index (χ1) is 9.45. The highest BCUT2D eigenvalue weighted by molar-refractivity contribution is 5.37. The molecule has 2 aromatic heterocycles. The highest BCUT2D eigenvalue weighted by Gasteiger charge is 2.29. The van der Waals surface area contributed by atoms with Crippen molar-refractivity contribution in [3.63, 3.8) is 0 Å². The SMILES string of the molecule is C=C(C)[C@@H]1Cc2c(C)nn(-c3nc(C)cc(C)n3)c2C1. The van der Waals surface area contributed by atoms with Gasteiger partial charge in [-0.1, -0.05) is 12.2 Å². The van der Waals surface area contributed by atoms with Crippen molar-refractivity contribution in [3.05, 3.63) is 46.6 Å². The van der Waals surface area contributed by atoms with E-state index in [-0.39, 0.29) is 0 Å². The summed E-state index contributed by atoms with van der Waals surface area (Å²) in [5, 5.41) is 4.64. The maximum absolute atomic E-state index is 4.64. The lowest BCUT2D eigenvalue weighted by Crippen LogP contribution is -2.10. The van der Waals surface area contributed by atoms with Gasteiger partial charge < -0.3 is 0 Å². The molecule has 20 heavy (non-hydrogen) atoms. The monoisotopic (exact) mass is 268 g/mol. The summed E-state index contributed by atoms with van der Waals surface area (Å²) in [4.78, 5) is 9.06. The van der Waals surface area contributed by atoms with Crippen LogP contribution in [0.5, 0.6) is 0 Å². The van der Waals surface area contributed by atoms with Gasteiger partial charge in [-0.3, -0.25) is 0 Å². The van der Waals surface area contributed by atoms with E-state index in [0.29, 0.717) is 11.9 Å². The summed E-state index contributed by atoms with van der Waals surface area (Å²) >= 11 is 0. The Bertz CT molecular complexity index is 676. The third-order valence-corrected chi connectivity index (χ3v) is 4.04. The highest BCUT2D eigenvalue weighted by atomic mass is 15.4. The van der Waals surface area contributed by atoms with E-state index in [1.165, 1.54) is 16.8 Å². The lowest BCUT2D eigenvalue weighted by Gasteiger charge is -2.10. The van der Waals surface area contributed by atoms with Crippen LogP contribution >= 0.6 is 0 Å². The van der Waals surface area contributed by atoms with Gasteiger partial charge in [0.25, 0.3) is 5.95 Å². The Morgan fingerprint density at radius 1 is 1.20 bits per heavy atom. The molecule has 0 saturated heterocycles. The van der Waals surface area contributed by atoms with Gasteiger partial charge in [-0.05, 0) is 58.1 Å². The molecule has 0 unspecified atom stereocenters. The Kier molecular flexibility index (Phi) is 2.96. The quantitative estimate of drug-likeness (QED) is 0.787. The molecular formula is C16H20N4. The molecule has 2 heterocycles. The minimum atomic E-state index is 0.527. The number of aryl methyl sites for hydroxylation is 3. The average Bonchev–Trinajstić information content (AvgIpc) is 2.89. The first-order valence-electron chi connectivity index (χ1n) is 7.01. The lowest BCUT2D eigenvalue weighted by molar-refractivity contribution is 0.624. The molecule has 0 fully saturated rings. The zero-order valence-electron chi connectivity index (χ0n) is 12.6. The van der Waals surface area contributed by atoms with Crippen LogP contribution in [0.2, 0.25) is 0 Å². The van der Waals surface area contributed by atoms with E-state index in [0.717, 1.165) is 29.9 Å². The second kappa shape index (κ2) is 4.54. The average molecular weight is 268 g/mol. The van der Waals surface area contributed by atoms with E-state index >= 15 is 0 Å². The number of aromatic nitrogens is 4. The molecule has 3 rings (SSSR count). The molecule has 0 amide bonds. The minimum Gasteiger partial charge on any atom is -0.216 e. The van der Waals surface area contributed by atoms with Crippen molar-refractivity contribution < 1.29 is 0 Å². The molecule has 1 aliphatic carbocycles. The first-order valence-corrected chi connectivity index (χ1v) is 7.01. The van der Waals surface area contributed by atoms with Crippen LogP contribution in [0.3, 0.4) is 0 Å². The largest absolute Gasteiger partial charge is 0.251 e. The summed E-state index contributed by atoms with van der Waals surface area (Å²) in [6, 6.07) is 1.98. The van der Waals surface area contributed by atoms with Crippen LogP contribution in [0.4, 0.5) is 0 Å². The Balaban J connectivity index is 2.09. The van der Waals surface area contributed by atoms with Gasteiger partial charge in [0.1, 0.15) is 0 Å². The summed E-state index contributed by atoms with van der Waals surface area (Å²) in [6.07, 6.45) is 2.03. The molecule has 4 nitrogen and oxygen atoms in total. The van der Waals surface area contributed by atoms with E-state index < -0.39 is 0 Å². The molecular weight excluding hydrogens is 248 g/mol. The molecule has 0 aliphatic heterocycles. The number of hydrogen-bond acceptors (Lipinski definition) is 3. The predicted molar refractivity (Wildman–Crippen MR) is 79.1 cm³/mol. The van der Waals surface area contributed by atoms with Crippen LogP contribution in [-0.2, 0) is 12.8 Å². The molecule has 4 heteroatoms. The minimum absolute atomic E-state index is 0.527. The van der Waals surface area contributed by atoms with Gasteiger partial charge >= 0.3 is 0 Å². The number of hydrogen-bond donors (Lipinski definition) is 0. The Morgan fingerprint density at radius 3 is 2.45 bits per heavy atom. The summed E-state index contributed by atoms with van der Waals surface area (Å²) in [5.74, 6) is 1.22. The highest BCUT2D eigenvalue weighted by Crippen LogP contribution is 2.33. The van der Waals surface area contributed by atoms with Crippen molar-refractivity contribution in [1.82, 2.24) is 19.7 Å².